The van der Waals surface area contributed by atoms with E-state index in [0.29, 0.717) is 0 Å². The van der Waals surface area contributed by atoms with Gasteiger partial charge in [-0.25, -0.2) is 4.57 Å². The van der Waals surface area contributed by atoms with E-state index in [1.165, 1.54) is 0 Å². The SMILES string of the molecule is CCOP(=O)(O)OCCl. The van der Waals surface area contributed by atoms with Gasteiger partial charge >= 0.3 is 7.82 Å². The number of halogens is 1. The highest BCUT2D eigenvalue weighted by atomic mass is 35.5. The average molecular weight is 175 g/mol. The maximum absolute atomic E-state index is 10.4. The smallest absolute Gasteiger partial charge is 0.302 e. The van der Waals surface area contributed by atoms with Gasteiger partial charge in [0.15, 0.2) is 0 Å². The van der Waals surface area contributed by atoms with Crippen LogP contribution in [0.1, 0.15) is 6.92 Å². The van der Waals surface area contributed by atoms with Gasteiger partial charge in [0.1, 0.15) is 6.07 Å². The van der Waals surface area contributed by atoms with Crippen molar-refractivity contribution in [1.82, 2.24) is 0 Å². The van der Waals surface area contributed by atoms with Crippen molar-refractivity contribution in [3.05, 3.63) is 0 Å². The van der Waals surface area contributed by atoms with Crippen molar-refractivity contribution in [2.75, 3.05) is 12.7 Å². The molecule has 0 fully saturated rings. The van der Waals surface area contributed by atoms with Crippen LogP contribution < -0.4 is 0 Å². The number of hydrogen-bond acceptors (Lipinski definition) is 3. The van der Waals surface area contributed by atoms with Gasteiger partial charge in [-0.1, -0.05) is 11.6 Å². The number of alkyl halides is 1. The van der Waals surface area contributed by atoms with Crippen LogP contribution in [0.25, 0.3) is 0 Å². The summed E-state index contributed by atoms with van der Waals surface area (Å²) in [6.45, 7) is 1.71. The quantitative estimate of drug-likeness (QED) is 0.516. The third-order valence-corrected chi connectivity index (χ3v) is 1.81. The topological polar surface area (TPSA) is 55.8 Å². The van der Waals surface area contributed by atoms with Gasteiger partial charge in [-0.3, -0.25) is 9.05 Å². The van der Waals surface area contributed by atoms with Gasteiger partial charge in [-0.05, 0) is 6.92 Å². The fourth-order valence-corrected chi connectivity index (χ4v) is 1.16. The number of rotatable bonds is 4. The normalized spacial score (nSPS) is 17.2. The zero-order valence-corrected chi connectivity index (χ0v) is 6.56. The lowest BCUT2D eigenvalue weighted by atomic mass is 10.9. The maximum atomic E-state index is 10.4. The Balaban J connectivity index is 3.58. The Morgan fingerprint density at radius 1 is 1.67 bits per heavy atom. The van der Waals surface area contributed by atoms with E-state index in [1.54, 1.807) is 6.92 Å². The summed E-state index contributed by atoms with van der Waals surface area (Å²) in [4.78, 5) is 8.54. The maximum Gasteiger partial charge on any atom is 0.473 e. The summed E-state index contributed by atoms with van der Waals surface area (Å²) in [5.74, 6) is 0. The molecule has 4 nitrogen and oxygen atoms in total. The molecule has 0 aromatic carbocycles. The number of hydrogen-bond donors (Lipinski definition) is 1. The fourth-order valence-electron chi connectivity index (χ4n) is 0.262. The first-order valence-corrected chi connectivity index (χ1v) is 4.33. The molecule has 1 N–H and O–H groups in total. The molecule has 0 heterocycles. The monoisotopic (exact) mass is 174 g/mol. The summed E-state index contributed by atoms with van der Waals surface area (Å²) >= 11 is 4.99. The van der Waals surface area contributed by atoms with Crippen LogP contribution in [0.2, 0.25) is 0 Å². The second-order valence-corrected chi connectivity index (χ2v) is 2.80. The third kappa shape index (κ3) is 4.88. The summed E-state index contributed by atoms with van der Waals surface area (Å²) in [7, 11) is -3.82. The number of phosphoric ester groups is 1. The zero-order chi connectivity index (χ0) is 7.33. The Kier molecular flexibility index (Phi) is 4.44. The highest BCUT2D eigenvalue weighted by Gasteiger charge is 2.18. The average Bonchev–Trinajstić information content (AvgIpc) is 1.64. The molecular formula is C3H8ClO4P. The molecule has 0 saturated carbocycles. The Morgan fingerprint density at radius 2 is 2.22 bits per heavy atom. The van der Waals surface area contributed by atoms with Crippen LogP contribution in [0.3, 0.4) is 0 Å². The molecule has 0 aromatic heterocycles. The molecule has 6 heteroatoms. The van der Waals surface area contributed by atoms with Crippen LogP contribution in [-0.2, 0) is 13.6 Å². The first kappa shape index (κ1) is 9.40. The largest absolute Gasteiger partial charge is 0.473 e. The summed E-state index contributed by atoms with van der Waals surface area (Å²) in [6, 6.07) is -0.340. The third-order valence-electron chi connectivity index (χ3n) is 0.504. The van der Waals surface area contributed by atoms with Gasteiger partial charge in [0.2, 0.25) is 0 Å². The van der Waals surface area contributed by atoms with Crippen LogP contribution >= 0.6 is 19.4 Å². The first-order chi connectivity index (χ1) is 4.12. The molecule has 1 atom stereocenters. The summed E-state index contributed by atoms with van der Waals surface area (Å²) in [5, 5.41) is 0. The molecule has 1 unspecified atom stereocenters. The van der Waals surface area contributed by atoms with Crippen molar-refractivity contribution >= 4 is 19.4 Å². The van der Waals surface area contributed by atoms with Gasteiger partial charge in [-0.15, -0.1) is 0 Å². The summed E-state index contributed by atoms with van der Waals surface area (Å²) in [6.07, 6.45) is 0. The molecule has 56 valence electrons. The van der Waals surface area contributed by atoms with E-state index < -0.39 is 7.82 Å². The van der Waals surface area contributed by atoms with Crippen molar-refractivity contribution in [1.29, 1.82) is 0 Å². The van der Waals surface area contributed by atoms with Gasteiger partial charge in [0.05, 0.1) is 6.61 Å². The van der Waals surface area contributed by atoms with Crippen LogP contribution in [0.15, 0.2) is 0 Å². The minimum Gasteiger partial charge on any atom is -0.302 e. The fraction of sp³-hybridized carbons (Fsp3) is 1.00. The molecule has 0 aliphatic heterocycles. The van der Waals surface area contributed by atoms with E-state index in [-0.39, 0.29) is 12.7 Å². The van der Waals surface area contributed by atoms with E-state index >= 15 is 0 Å². The Morgan fingerprint density at radius 3 is 2.56 bits per heavy atom. The molecule has 0 aliphatic carbocycles. The Hall–Kier alpha value is 0.400. The molecule has 0 bridgehead atoms. The standard InChI is InChI=1S/C3H8ClO4P/c1-2-7-9(5,6)8-3-4/h2-3H2,1H3,(H,5,6). The molecule has 0 amide bonds. The molecule has 0 rings (SSSR count). The molecule has 9 heavy (non-hydrogen) atoms. The lowest BCUT2D eigenvalue weighted by molar-refractivity contribution is 0.174. The van der Waals surface area contributed by atoms with E-state index in [0.717, 1.165) is 0 Å². The second-order valence-electron chi connectivity index (χ2n) is 1.12. The molecule has 0 saturated heterocycles. The van der Waals surface area contributed by atoms with E-state index in [9.17, 15) is 4.57 Å². The van der Waals surface area contributed by atoms with Gasteiger partial charge in [0, 0.05) is 0 Å². The van der Waals surface area contributed by atoms with Crippen molar-refractivity contribution in [2.24, 2.45) is 0 Å². The second kappa shape index (κ2) is 4.25. The van der Waals surface area contributed by atoms with Crippen LogP contribution in [0.5, 0.6) is 0 Å². The minimum absolute atomic E-state index is 0.130. The van der Waals surface area contributed by atoms with Crippen LogP contribution in [0.4, 0.5) is 0 Å². The van der Waals surface area contributed by atoms with Crippen molar-refractivity contribution in [3.8, 4) is 0 Å². The molecule has 0 spiro atoms. The predicted molar refractivity (Wildman–Crippen MR) is 33.3 cm³/mol. The van der Waals surface area contributed by atoms with E-state index in [1.807, 2.05) is 0 Å². The van der Waals surface area contributed by atoms with Crippen LogP contribution in [0, 0.1) is 0 Å². The first-order valence-electron chi connectivity index (χ1n) is 2.30. The highest BCUT2D eigenvalue weighted by molar-refractivity contribution is 7.47. The van der Waals surface area contributed by atoms with Gasteiger partial charge < -0.3 is 4.89 Å². The molecule has 0 radical (unpaired) electrons. The minimum atomic E-state index is -3.82. The zero-order valence-electron chi connectivity index (χ0n) is 4.91. The molecule has 0 aromatic rings. The molecular weight excluding hydrogens is 166 g/mol. The van der Waals surface area contributed by atoms with Crippen molar-refractivity contribution in [3.63, 3.8) is 0 Å². The van der Waals surface area contributed by atoms with Crippen molar-refractivity contribution < 1.29 is 18.5 Å². The van der Waals surface area contributed by atoms with E-state index in [4.69, 9.17) is 16.5 Å². The lowest BCUT2D eigenvalue weighted by Gasteiger charge is -2.06. The van der Waals surface area contributed by atoms with Gasteiger partial charge in [0.25, 0.3) is 0 Å². The Bertz CT molecular complexity index is 106. The predicted octanol–water partition coefficient (Wildman–Crippen LogP) is 1.34. The number of phosphoric acid groups is 1. The highest BCUT2D eigenvalue weighted by Crippen LogP contribution is 2.42. The van der Waals surface area contributed by atoms with Crippen LogP contribution in [-0.4, -0.2) is 17.6 Å². The van der Waals surface area contributed by atoms with Gasteiger partial charge in [-0.2, -0.15) is 0 Å². The van der Waals surface area contributed by atoms with E-state index in [2.05, 4.69) is 9.05 Å². The lowest BCUT2D eigenvalue weighted by Crippen LogP contribution is -1.91. The van der Waals surface area contributed by atoms with Crippen molar-refractivity contribution in [2.45, 2.75) is 6.92 Å². The summed E-state index contributed by atoms with van der Waals surface area (Å²) < 4.78 is 18.8. The molecule has 0 aliphatic rings. The Labute approximate surface area is 58.3 Å². The summed E-state index contributed by atoms with van der Waals surface area (Å²) in [5.41, 5.74) is 0.